The Morgan fingerprint density at radius 3 is 2.45 bits per heavy atom. The van der Waals surface area contributed by atoms with Crippen LogP contribution in [-0.2, 0) is 12.3 Å². The van der Waals surface area contributed by atoms with Crippen LogP contribution in [0.2, 0.25) is 0 Å². The molecule has 0 aromatic heterocycles. The van der Waals surface area contributed by atoms with Crippen LogP contribution in [0, 0.1) is 5.82 Å². The monoisotopic (exact) mass is 418 g/mol. The second-order valence-corrected chi connectivity index (χ2v) is 7.77. The van der Waals surface area contributed by atoms with Crippen LogP contribution >= 0.6 is 11.8 Å². The summed E-state index contributed by atoms with van der Waals surface area (Å²) < 4.78 is 18.8. The Morgan fingerprint density at radius 2 is 1.86 bits per heavy atom. The van der Waals surface area contributed by atoms with E-state index in [2.05, 4.69) is 46.8 Å². The van der Waals surface area contributed by atoms with Crippen molar-refractivity contribution in [2.45, 2.75) is 18.3 Å². The molecule has 0 saturated heterocycles. The van der Waals surface area contributed by atoms with Gasteiger partial charge in [-0.05, 0) is 61.3 Å². The third-order valence-corrected chi connectivity index (χ3v) is 5.32. The number of thioether (sulfide) groups is 1. The van der Waals surface area contributed by atoms with E-state index in [-0.39, 0.29) is 11.9 Å². The minimum Gasteiger partial charge on any atom is -0.497 e. The molecule has 0 heterocycles. The van der Waals surface area contributed by atoms with Crippen LogP contribution in [0.3, 0.4) is 0 Å². The van der Waals surface area contributed by atoms with Gasteiger partial charge in [0.2, 0.25) is 0 Å². The fraction of sp³-hybridized carbons (Fsp3) is 0.409. The van der Waals surface area contributed by atoms with Crippen molar-refractivity contribution in [1.29, 1.82) is 0 Å². The standard InChI is InChI=1S/C22H31FN4OS/c1-24-22(25-13-17-6-9-19(23)12-18(17)15-29-5)26-14-21(27(2)3)16-7-10-20(28-4)11-8-16/h6-12,21H,13-15H2,1-5H3,(H2,24,25,26). The van der Waals surface area contributed by atoms with Gasteiger partial charge >= 0.3 is 0 Å². The molecule has 5 nitrogen and oxygen atoms in total. The van der Waals surface area contributed by atoms with E-state index in [4.69, 9.17) is 4.74 Å². The number of benzene rings is 2. The van der Waals surface area contributed by atoms with Crippen molar-refractivity contribution >= 4 is 17.7 Å². The minimum absolute atomic E-state index is 0.178. The quantitative estimate of drug-likeness (QED) is 0.481. The Morgan fingerprint density at radius 1 is 1.14 bits per heavy atom. The zero-order valence-electron chi connectivity index (χ0n) is 17.8. The van der Waals surface area contributed by atoms with E-state index in [1.165, 1.54) is 11.6 Å². The molecule has 2 aromatic carbocycles. The molecule has 0 fully saturated rings. The van der Waals surface area contributed by atoms with E-state index in [1.54, 1.807) is 32.0 Å². The van der Waals surface area contributed by atoms with Crippen molar-refractivity contribution in [3.63, 3.8) is 0 Å². The highest BCUT2D eigenvalue weighted by Crippen LogP contribution is 2.21. The largest absolute Gasteiger partial charge is 0.497 e. The molecule has 2 N–H and O–H groups in total. The highest BCUT2D eigenvalue weighted by Gasteiger charge is 2.15. The third-order valence-electron chi connectivity index (χ3n) is 4.72. The molecule has 158 valence electrons. The normalized spacial score (nSPS) is 12.7. The minimum atomic E-state index is -0.200. The van der Waals surface area contributed by atoms with Crippen LogP contribution in [0.1, 0.15) is 22.7 Å². The van der Waals surface area contributed by atoms with Crippen LogP contribution in [0.25, 0.3) is 0 Å². The topological polar surface area (TPSA) is 48.9 Å². The van der Waals surface area contributed by atoms with Crippen molar-refractivity contribution in [2.75, 3.05) is 41.1 Å². The summed E-state index contributed by atoms with van der Waals surface area (Å²) in [6, 6.07) is 13.2. The number of halogens is 1. The van der Waals surface area contributed by atoms with Gasteiger partial charge < -0.3 is 20.3 Å². The molecule has 0 saturated carbocycles. The van der Waals surface area contributed by atoms with Crippen molar-refractivity contribution < 1.29 is 9.13 Å². The smallest absolute Gasteiger partial charge is 0.191 e. The van der Waals surface area contributed by atoms with Gasteiger partial charge in [-0.1, -0.05) is 18.2 Å². The van der Waals surface area contributed by atoms with Gasteiger partial charge in [0, 0.05) is 25.9 Å². The predicted molar refractivity (Wildman–Crippen MR) is 121 cm³/mol. The maximum absolute atomic E-state index is 13.6. The Balaban J connectivity index is 2.00. The number of ether oxygens (including phenoxy) is 1. The highest BCUT2D eigenvalue weighted by molar-refractivity contribution is 7.97. The van der Waals surface area contributed by atoms with E-state index >= 15 is 0 Å². The summed E-state index contributed by atoms with van der Waals surface area (Å²) in [5.74, 6) is 2.14. The molecule has 2 aromatic rings. The number of nitrogens with one attached hydrogen (secondary N) is 2. The van der Waals surface area contributed by atoms with Gasteiger partial charge in [-0.15, -0.1) is 0 Å². The number of nitrogens with zero attached hydrogens (tertiary/aromatic N) is 2. The summed E-state index contributed by atoms with van der Waals surface area (Å²) in [4.78, 5) is 6.49. The first-order valence-corrected chi connectivity index (χ1v) is 10.9. The molecule has 7 heteroatoms. The fourth-order valence-corrected chi connectivity index (χ4v) is 3.65. The Labute approximate surface area is 177 Å². The molecule has 1 unspecified atom stereocenters. The lowest BCUT2D eigenvalue weighted by molar-refractivity contribution is 0.298. The Hall–Kier alpha value is -2.25. The van der Waals surface area contributed by atoms with Crippen molar-refractivity contribution in [2.24, 2.45) is 4.99 Å². The average Bonchev–Trinajstić information content (AvgIpc) is 2.72. The average molecular weight is 419 g/mol. The van der Waals surface area contributed by atoms with Crippen LogP contribution in [-0.4, -0.2) is 51.9 Å². The van der Waals surface area contributed by atoms with Gasteiger partial charge in [-0.2, -0.15) is 11.8 Å². The SMILES string of the molecule is CN=C(NCc1ccc(F)cc1CSC)NCC(c1ccc(OC)cc1)N(C)C. The van der Waals surface area contributed by atoms with Crippen LogP contribution in [0.4, 0.5) is 4.39 Å². The number of methoxy groups -OCH3 is 1. The van der Waals surface area contributed by atoms with Crippen LogP contribution in [0.15, 0.2) is 47.5 Å². The number of rotatable bonds is 9. The van der Waals surface area contributed by atoms with Gasteiger partial charge in [-0.3, -0.25) is 4.99 Å². The molecule has 0 bridgehead atoms. The summed E-state index contributed by atoms with van der Waals surface area (Å²) in [6.45, 7) is 1.28. The summed E-state index contributed by atoms with van der Waals surface area (Å²) in [5, 5.41) is 6.73. The van der Waals surface area contributed by atoms with Crippen LogP contribution in [0.5, 0.6) is 5.75 Å². The van der Waals surface area contributed by atoms with Gasteiger partial charge in [0.05, 0.1) is 13.2 Å². The van der Waals surface area contributed by atoms with E-state index in [9.17, 15) is 4.39 Å². The molecule has 29 heavy (non-hydrogen) atoms. The lowest BCUT2D eigenvalue weighted by Gasteiger charge is -2.26. The zero-order chi connectivity index (χ0) is 21.2. The van der Waals surface area contributed by atoms with E-state index in [1.807, 2.05) is 24.5 Å². The summed E-state index contributed by atoms with van der Waals surface area (Å²) in [7, 11) is 7.53. The lowest BCUT2D eigenvalue weighted by Crippen LogP contribution is -2.41. The number of hydrogen-bond donors (Lipinski definition) is 2. The van der Waals surface area contributed by atoms with Gasteiger partial charge in [0.1, 0.15) is 11.6 Å². The van der Waals surface area contributed by atoms with Gasteiger partial charge in [0.15, 0.2) is 5.96 Å². The lowest BCUT2D eigenvalue weighted by atomic mass is 10.1. The first kappa shape index (κ1) is 23.0. The molecular weight excluding hydrogens is 387 g/mol. The van der Waals surface area contributed by atoms with Crippen molar-refractivity contribution in [3.05, 3.63) is 65.0 Å². The maximum atomic E-state index is 13.6. The molecule has 0 aliphatic heterocycles. The number of likely N-dealkylation sites (N-methyl/N-ethyl adjacent to an activating group) is 1. The second-order valence-electron chi connectivity index (χ2n) is 6.91. The highest BCUT2D eigenvalue weighted by atomic mass is 32.2. The van der Waals surface area contributed by atoms with Crippen molar-refractivity contribution in [1.82, 2.24) is 15.5 Å². The van der Waals surface area contributed by atoms with E-state index in [0.29, 0.717) is 19.0 Å². The number of guanidine groups is 1. The molecule has 0 radical (unpaired) electrons. The first-order valence-electron chi connectivity index (χ1n) is 9.49. The summed E-state index contributed by atoms with van der Waals surface area (Å²) in [5.41, 5.74) is 3.27. The molecule has 1 atom stereocenters. The Bertz CT molecular complexity index is 796. The predicted octanol–water partition coefficient (Wildman–Crippen LogP) is 3.67. The molecule has 0 aliphatic rings. The first-order chi connectivity index (χ1) is 14.0. The van der Waals surface area contributed by atoms with Crippen LogP contribution < -0.4 is 15.4 Å². The second kappa shape index (κ2) is 11.7. The third kappa shape index (κ3) is 6.94. The number of aliphatic imine (C=N–C) groups is 1. The van der Waals surface area contributed by atoms with Gasteiger partial charge in [0.25, 0.3) is 0 Å². The number of hydrogen-bond acceptors (Lipinski definition) is 4. The van der Waals surface area contributed by atoms with E-state index < -0.39 is 0 Å². The Kier molecular flexibility index (Phi) is 9.28. The summed E-state index contributed by atoms with van der Waals surface area (Å²) in [6.07, 6.45) is 2.02. The molecular formula is C22H31FN4OS. The summed E-state index contributed by atoms with van der Waals surface area (Å²) >= 11 is 1.68. The molecule has 0 aliphatic carbocycles. The molecule has 2 rings (SSSR count). The van der Waals surface area contributed by atoms with Crippen molar-refractivity contribution in [3.8, 4) is 5.75 Å². The van der Waals surface area contributed by atoms with E-state index in [0.717, 1.165) is 22.6 Å². The molecule has 0 amide bonds. The zero-order valence-corrected chi connectivity index (χ0v) is 18.6. The fourth-order valence-electron chi connectivity index (χ4n) is 3.07. The molecule has 0 spiro atoms. The maximum Gasteiger partial charge on any atom is 0.191 e. The van der Waals surface area contributed by atoms with Gasteiger partial charge in [-0.25, -0.2) is 4.39 Å².